The number of hydrogen-bond donors (Lipinski definition) is 1. The zero-order valence-corrected chi connectivity index (χ0v) is 22.2. The van der Waals surface area contributed by atoms with E-state index in [1.54, 1.807) is 37.4 Å². The summed E-state index contributed by atoms with van der Waals surface area (Å²) in [5.74, 6) is 1.64. The van der Waals surface area contributed by atoms with Crippen LogP contribution in [0.15, 0.2) is 35.5 Å². The van der Waals surface area contributed by atoms with Gasteiger partial charge < -0.3 is 19.9 Å². The zero-order chi connectivity index (χ0) is 25.2. The van der Waals surface area contributed by atoms with Gasteiger partial charge in [0.15, 0.2) is 5.16 Å². The van der Waals surface area contributed by atoms with Gasteiger partial charge in [-0.3, -0.25) is 9.59 Å². The van der Waals surface area contributed by atoms with Crippen molar-refractivity contribution in [1.29, 1.82) is 0 Å². The molecule has 8 nitrogen and oxygen atoms in total. The molecule has 3 rings (SSSR count). The lowest BCUT2D eigenvalue weighted by Crippen LogP contribution is -2.54. The summed E-state index contributed by atoms with van der Waals surface area (Å²) in [4.78, 5) is 38.0. The van der Waals surface area contributed by atoms with Crippen molar-refractivity contribution < 1.29 is 14.3 Å². The van der Waals surface area contributed by atoms with E-state index in [4.69, 9.17) is 16.3 Å². The number of unbranched alkanes of at least 4 members (excludes halogenated alkanes) is 3. The first-order valence-corrected chi connectivity index (χ1v) is 13.4. The number of ether oxygens (including phenoxy) is 1. The third kappa shape index (κ3) is 8.00. The number of aromatic nitrogens is 2. The van der Waals surface area contributed by atoms with Gasteiger partial charge >= 0.3 is 0 Å². The van der Waals surface area contributed by atoms with Gasteiger partial charge in [0.2, 0.25) is 5.91 Å². The molecule has 190 valence electrons. The average molecular weight is 520 g/mol. The SMILES string of the molecule is CCCCCCNC(=O)CSc1nc(Cl)cc(N2CCN(C(=O)c3ccc(OC)cc3)C(C)C2)n1. The van der Waals surface area contributed by atoms with Gasteiger partial charge in [0.05, 0.1) is 12.9 Å². The molecule has 0 spiro atoms. The lowest BCUT2D eigenvalue weighted by atomic mass is 10.1. The van der Waals surface area contributed by atoms with Gasteiger partial charge in [-0.1, -0.05) is 49.5 Å². The lowest BCUT2D eigenvalue weighted by Gasteiger charge is -2.40. The Balaban J connectivity index is 1.55. The zero-order valence-electron chi connectivity index (χ0n) is 20.6. The number of piperazine rings is 1. The van der Waals surface area contributed by atoms with Crippen LogP contribution in [0.4, 0.5) is 5.82 Å². The van der Waals surface area contributed by atoms with Gasteiger partial charge in [-0.15, -0.1) is 0 Å². The smallest absolute Gasteiger partial charge is 0.254 e. The molecule has 35 heavy (non-hydrogen) atoms. The molecule has 2 aromatic rings. The summed E-state index contributed by atoms with van der Waals surface area (Å²) in [6.45, 7) is 6.70. The summed E-state index contributed by atoms with van der Waals surface area (Å²) >= 11 is 7.55. The first-order valence-electron chi connectivity index (χ1n) is 12.0. The molecule has 0 aliphatic carbocycles. The predicted octanol–water partition coefficient (Wildman–Crippen LogP) is 4.28. The number of hydrogen-bond acceptors (Lipinski definition) is 7. The predicted molar refractivity (Wildman–Crippen MR) is 141 cm³/mol. The molecule has 0 bridgehead atoms. The normalized spacial score (nSPS) is 15.7. The minimum absolute atomic E-state index is 0.00234. The first-order chi connectivity index (χ1) is 16.9. The second kappa shape index (κ2) is 13.5. The number of carbonyl (C=O) groups is 2. The van der Waals surface area contributed by atoms with E-state index >= 15 is 0 Å². The summed E-state index contributed by atoms with van der Waals surface area (Å²) in [6, 6.07) is 8.88. The fourth-order valence-corrected chi connectivity index (χ4v) is 4.85. The summed E-state index contributed by atoms with van der Waals surface area (Å²) in [5.41, 5.74) is 0.638. The number of nitrogens with one attached hydrogen (secondary N) is 1. The highest BCUT2D eigenvalue weighted by molar-refractivity contribution is 7.99. The second-order valence-electron chi connectivity index (χ2n) is 8.55. The van der Waals surface area contributed by atoms with E-state index in [0.717, 1.165) is 18.6 Å². The molecule has 1 aromatic carbocycles. The Morgan fingerprint density at radius 2 is 1.94 bits per heavy atom. The van der Waals surface area contributed by atoms with Crippen LogP contribution in [0.25, 0.3) is 0 Å². The van der Waals surface area contributed by atoms with Gasteiger partial charge in [-0.2, -0.15) is 0 Å². The van der Waals surface area contributed by atoms with E-state index < -0.39 is 0 Å². The minimum atomic E-state index is -0.0316. The van der Waals surface area contributed by atoms with Crippen molar-refractivity contribution in [3.05, 3.63) is 41.0 Å². The highest BCUT2D eigenvalue weighted by atomic mass is 35.5. The molecule has 1 atom stereocenters. The fraction of sp³-hybridized carbons (Fsp3) is 0.520. The van der Waals surface area contributed by atoms with Crippen molar-refractivity contribution in [1.82, 2.24) is 20.2 Å². The van der Waals surface area contributed by atoms with Crippen LogP contribution >= 0.6 is 23.4 Å². The summed E-state index contributed by atoms with van der Waals surface area (Å²) < 4.78 is 5.18. The fourth-order valence-electron chi connectivity index (χ4n) is 3.94. The Kier molecular flexibility index (Phi) is 10.5. The molecule has 1 aliphatic rings. The molecule has 2 heterocycles. The molecule has 1 unspecified atom stereocenters. The van der Waals surface area contributed by atoms with Crippen molar-refractivity contribution in [3.63, 3.8) is 0 Å². The number of thioether (sulfide) groups is 1. The highest BCUT2D eigenvalue weighted by Gasteiger charge is 2.29. The number of carbonyl (C=O) groups excluding carboxylic acids is 2. The third-order valence-corrected chi connectivity index (χ3v) is 6.94. The van der Waals surface area contributed by atoms with Crippen LogP contribution in [-0.4, -0.2) is 71.8 Å². The minimum Gasteiger partial charge on any atom is -0.497 e. The average Bonchev–Trinajstić information content (AvgIpc) is 2.86. The van der Waals surface area contributed by atoms with Crippen molar-refractivity contribution >= 4 is 41.0 Å². The van der Waals surface area contributed by atoms with E-state index in [2.05, 4.69) is 27.1 Å². The molecule has 2 amide bonds. The highest BCUT2D eigenvalue weighted by Crippen LogP contribution is 2.25. The Hall–Kier alpha value is -2.52. The van der Waals surface area contributed by atoms with E-state index in [1.807, 2.05) is 11.8 Å². The molecular formula is C25H34ClN5O3S. The second-order valence-corrected chi connectivity index (χ2v) is 9.88. The Morgan fingerprint density at radius 3 is 2.63 bits per heavy atom. The maximum absolute atomic E-state index is 13.0. The molecule has 0 saturated carbocycles. The molecule has 1 aliphatic heterocycles. The van der Waals surface area contributed by atoms with Gasteiger partial charge in [0.1, 0.15) is 16.7 Å². The van der Waals surface area contributed by atoms with Crippen LogP contribution in [0.1, 0.15) is 49.9 Å². The molecule has 10 heteroatoms. The van der Waals surface area contributed by atoms with E-state index in [0.29, 0.717) is 47.9 Å². The maximum Gasteiger partial charge on any atom is 0.254 e. The topological polar surface area (TPSA) is 87.7 Å². The van der Waals surface area contributed by atoms with Crippen molar-refractivity contribution in [2.45, 2.75) is 50.7 Å². The number of benzene rings is 1. The van der Waals surface area contributed by atoms with E-state index in [-0.39, 0.29) is 23.6 Å². The van der Waals surface area contributed by atoms with E-state index in [1.165, 1.54) is 24.6 Å². The number of anilines is 1. The summed E-state index contributed by atoms with van der Waals surface area (Å²) in [6.07, 6.45) is 4.48. The van der Waals surface area contributed by atoms with E-state index in [9.17, 15) is 9.59 Å². The monoisotopic (exact) mass is 519 g/mol. The van der Waals surface area contributed by atoms with Crippen molar-refractivity contribution in [2.24, 2.45) is 0 Å². The Labute approximate surface area is 216 Å². The Morgan fingerprint density at radius 1 is 1.17 bits per heavy atom. The number of halogens is 1. The number of methoxy groups -OCH3 is 1. The molecule has 0 radical (unpaired) electrons. The van der Waals surface area contributed by atoms with Gasteiger partial charge in [-0.05, 0) is 37.6 Å². The quantitative estimate of drug-likeness (QED) is 0.205. The molecule has 1 N–H and O–H groups in total. The maximum atomic E-state index is 13.0. The van der Waals surface area contributed by atoms with Gasteiger partial charge in [-0.25, -0.2) is 9.97 Å². The van der Waals surface area contributed by atoms with Crippen molar-refractivity contribution in [3.8, 4) is 5.75 Å². The molecule has 1 saturated heterocycles. The van der Waals surface area contributed by atoms with Crippen LogP contribution in [-0.2, 0) is 4.79 Å². The molecule has 1 aromatic heterocycles. The first kappa shape index (κ1) is 27.1. The largest absolute Gasteiger partial charge is 0.497 e. The van der Waals surface area contributed by atoms with Crippen LogP contribution < -0.4 is 15.0 Å². The molecular weight excluding hydrogens is 486 g/mol. The van der Waals surface area contributed by atoms with Crippen LogP contribution in [0.3, 0.4) is 0 Å². The number of nitrogens with zero attached hydrogens (tertiary/aromatic N) is 4. The van der Waals surface area contributed by atoms with Crippen LogP contribution in [0.2, 0.25) is 5.15 Å². The standard InChI is InChI=1S/C25H34ClN5O3S/c1-4-5-6-7-12-27-23(32)17-35-25-28-21(26)15-22(29-25)30-13-14-31(18(2)16-30)24(33)19-8-10-20(34-3)11-9-19/h8-11,15,18H,4-7,12-14,16-17H2,1-3H3,(H,27,32). The third-order valence-electron chi connectivity index (χ3n) is 5.90. The summed E-state index contributed by atoms with van der Waals surface area (Å²) in [7, 11) is 1.60. The lowest BCUT2D eigenvalue weighted by molar-refractivity contribution is -0.118. The number of rotatable bonds is 11. The summed E-state index contributed by atoms with van der Waals surface area (Å²) in [5, 5.41) is 3.75. The van der Waals surface area contributed by atoms with Gasteiger partial charge in [0.25, 0.3) is 5.91 Å². The van der Waals surface area contributed by atoms with Gasteiger partial charge in [0, 0.05) is 43.9 Å². The van der Waals surface area contributed by atoms with Crippen LogP contribution in [0.5, 0.6) is 5.75 Å². The van der Waals surface area contributed by atoms with Crippen molar-refractivity contribution in [2.75, 3.05) is 43.9 Å². The Bertz CT molecular complexity index is 992. The van der Waals surface area contributed by atoms with Crippen LogP contribution in [0, 0.1) is 0 Å². The molecule has 1 fully saturated rings. The number of amides is 2.